The Hall–Kier alpha value is -4.16. The zero-order valence-electron chi connectivity index (χ0n) is 17.6. The molecule has 0 saturated carbocycles. The lowest BCUT2D eigenvalue weighted by Gasteiger charge is -2.13. The molecule has 0 aliphatic heterocycles. The third kappa shape index (κ3) is 5.18. The lowest BCUT2D eigenvalue weighted by Crippen LogP contribution is -2.13. The number of sulfonamides is 1. The highest BCUT2D eigenvalue weighted by atomic mass is 79.9. The quantitative estimate of drug-likeness (QED) is 0.130. The second-order valence-corrected chi connectivity index (χ2v) is 9.80. The van der Waals surface area contributed by atoms with Crippen molar-refractivity contribution >= 4 is 59.7 Å². The predicted molar refractivity (Wildman–Crippen MR) is 133 cm³/mol. The van der Waals surface area contributed by atoms with E-state index in [2.05, 4.69) is 30.9 Å². The number of benzene rings is 4. The second kappa shape index (κ2) is 9.60. The van der Waals surface area contributed by atoms with Gasteiger partial charge in [-0.2, -0.15) is 0 Å². The number of non-ortho nitro benzene ring substituents is 1. The zero-order chi connectivity index (χ0) is 25.2. The molecule has 0 heterocycles. The van der Waals surface area contributed by atoms with Crippen molar-refractivity contribution in [2.75, 3.05) is 4.72 Å². The van der Waals surface area contributed by atoms with Crippen LogP contribution in [0.2, 0.25) is 0 Å². The Labute approximate surface area is 207 Å². The van der Waals surface area contributed by atoms with Crippen molar-refractivity contribution in [1.82, 2.24) is 0 Å². The summed E-state index contributed by atoms with van der Waals surface area (Å²) >= 11 is 3.26. The number of amides is 1. The molecule has 4 aromatic rings. The van der Waals surface area contributed by atoms with Crippen LogP contribution in [-0.4, -0.2) is 24.4 Å². The van der Waals surface area contributed by atoms with Crippen LogP contribution >= 0.6 is 15.9 Å². The number of nitrogens with one attached hydrogen (secondary N) is 1. The molecule has 2 N–H and O–H groups in total. The van der Waals surface area contributed by atoms with Crippen LogP contribution < -0.4 is 4.72 Å². The van der Waals surface area contributed by atoms with Gasteiger partial charge in [0.1, 0.15) is 5.69 Å². The monoisotopic (exact) mass is 554 g/mol. The first-order chi connectivity index (χ1) is 16.7. The number of hydrogen-bond donors (Lipinski definition) is 2. The Kier molecular flexibility index (Phi) is 6.58. The molecule has 1 amide bonds. The molecule has 0 radical (unpaired) electrons. The minimum absolute atomic E-state index is 0.0226. The molecule has 0 aliphatic rings. The van der Waals surface area contributed by atoms with Gasteiger partial charge in [0, 0.05) is 32.9 Å². The maximum absolute atomic E-state index is 12.9. The minimum atomic E-state index is -3.98. The van der Waals surface area contributed by atoms with Crippen molar-refractivity contribution in [2.45, 2.75) is 4.90 Å². The molecule has 0 bridgehead atoms. The van der Waals surface area contributed by atoms with E-state index < -0.39 is 20.9 Å². The van der Waals surface area contributed by atoms with Gasteiger partial charge in [-0.25, -0.2) is 8.42 Å². The molecule has 0 spiro atoms. The lowest BCUT2D eigenvalue weighted by atomic mass is 10.1. The highest BCUT2D eigenvalue weighted by Crippen LogP contribution is 2.40. The van der Waals surface area contributed by atoms with Gasteiger partial charge in [-0.05, 0) is 42.5 Å². The Morgan fingerprint density at radius 1 is 0.971 bits per heavy atom. The Bertz CT molecular complexity index is 1590. The van der Waals surface area contributed by atoms with Crippen LogP contribution in [0, 0.1) is 10.1 Å². The number of azo groups is 1. The van der Waals surface area contributed by atoms with Crippen LogP contribution in [-0.2, 0) is 10.0 Å². The molecule has 4 rings (SSSR count). The Balaban J connectivity index is 1.71. The van der Waals surface area contributed by atoms with Crippen LogP contribution in [0.5, 0.6) is 5.75 Å². The average molecular weight is 555 g/mol. The minimum Gasteiger partial charge on any atom is -0.505 e. The Morgan fingerprint density at radius 2 is 1.60 bits per heavy atom. The first-order valence-electron chi connectivity index (χ1n) is 9.89. The van der Waals surface area contributed by atoms with E-state index in [1.54, 1.807) is 36.4 Å². The van der Waals surface area contributed by atoms with Crippen LogP contribution in [0.15, 0.2) is 98.5 Å². The summed E-state index contributed by atoms with van der Waals surface area (Å²) in [5, 5.41) is 29.6. The molecule has 35 heavy (non-hydrogen) atoms. The number of nitrogens with zero attached hydrogens (tertiary/aromatic N) is 3. The maximum Gasteiger partial charge on any atom is 0.295 e. The summed E-state index contributed by atoms with van der Waals surface area (Å²) in [6, 6.07) is 18.6. The van der Waals surface area contributed by atoms with Gasteiger partial charge in [-0.1, -0.05) is 40.2 Å². The summed E-state index contributed by atoms with van der Waals surface area (Å²) in [5.74, 6) is -1.10. The summed E-state index contributed by atoms with van der Waals surface area (Å²) in [7, 11) is -3.98. The van der Waals surface area contributed by atoms with Crippen molar-refractivity contribution in [1.29, 1.82) is 0 Å². The summed E-state index contributed by atoms with van der Waals surface area (Å²) in [5.41, 5.74) is -0.158. The predicted octanol–water partition coefficient (Wildman–Crippen LogP) is 5.94. The van der Waals surface area contributed by atoms with E-state index in [9.17, 15) is 28.4 Å². The summed E-state index contributed by atoms with van der Waals surface area (Å²) in [6.45, 7) is 0. The summed E-state index contributed by atoms with van der Waals surface area (Å²) < 4.78 is 29.1. The van der Waals surface area contributed by atoms with E-state index in [1.807, 2.05) is 0 Å². The number of anilines is 1. The number of nitro benzene ring substituents is 1. The van der Waals surface area contributed by atoms with Crippen molar-refractivity contribution in [3.05, 3.63) is 99.0 Å². The van der Waals surface area contributed by atoms with E-state index in [0.29, 0.717) is 15.2 Å². The van der Waals surface area contributed by atoms with Gasteiger partial charge >= 0.3 is 0 Å². The van der Waals surface area contributed by atoms with Crippen molar-refractivity contribution in [2.24, 2.45) is 10.2 Å². The number of halogens is 1. The molecule has 0 unspecified atom stereocenters. The normalized spacial score (nSPS) is 11.6. The van der Waals surface area contributed by atoms with Crippen LogP contribution in [0.1, 0.15) is 10.4 Å². The van der Waals surface area contributed by atoms with E-state index >= 15 is 0 Å². The van der Waals surface area contributed by atoms with Crippen LogP contribution in [0.4, 0.5) is 17.1 Å². The summed E-state index contributed by atoms with van der Waals surface area (Å²) in [4.78, 5) is 22.6. The van der Waals surface area contributed by atoms with E-state index in [-0.39, 0.29) is 33.3 Å². The third-order valence-corrected chi connectivity index (χ3v) is 6.85. The second-order valence-electron chi connectivity index (χ2n) is 7.21. The number of fused-ring (bicyclic) bond motifs is 1. The van der Waals surface area contributed by atoms with Gasteiger partial charge in [-0.3, -0.25) is 19.6 Å². The van der Waals surface area contributed by atoms with E-state index in [1.165, 1.54) is 30.3 Å². The molecule has 12 heteroatoms. The van der Waals surface area contributed by atoms with E-state index in [0.717, 1.165) is 12.1 Å². The average Bonchev–Trinajstić information content (AvgIpc) is 2.85. The topological polar surface area (TPSA) is 151 Å². The van der Waals surface area contributed by atoms with Crippen molar-refractivity contribution in [3.8, 4) is 5.75 Å². The fourth-order valence-electron chi connectivity index (χ4n) is 3.21. The van der Waals surface area contributed by atoms with Gasteiger partial charge in [0.25, 0.3) is 21.6 Å². The summed E-state index contributed by atoms with van der Waals surface area (Å²) in [6.07, 6.45) is 0. The number of phenolic OH excluding ortho intramolecular Hbond substituents is 1. The number of phenols is 1. The third-order valence-electron chi connectivity index (χ3n) is 4.94. The van der Waals surface area contributed by atoms with Crippen LogP contribution in [0.25, 0.3) is 10.8 Å². The Morgan fingerprint density at radius 3 is 2.23 bits per heavy atom. The fourth-order valence-corrected chi connectivity index (χ4v) is 4.54. The van der Waals surface area contributed by atoms with Crippen molar-refractivity contribution < 1.29 is 23.2 Å². The molecule has 0 saturated heterocycles. The molecule has 0 aromatic heterocycles. The first-order valence-corrected chi connectivity index (χ1v) is 12.2. The number of aromatic hydroxyl groups is 1. The molecular formula is C23H15BrN4O6S. The SMILES string of the molecule is O=C(N=Nc1cc(NS(=O)(=O)c2ccc(Br)cc2)c2ccccc2c1O)c1ccc([N+](=O)[O-])cc1. The standard InChI is InChI=1S/C23H15BrN4O6S/c24-15-7-11-17(12-8-15)35(33,34)27-20-13-21(22(29)19-4-2-1-3-18(19)20)25-26-23(30)14-5-9-16(10-6-14)28(31)32/h1-13,27,29H. The smallest absolute Gasteiger partial charge is 0.295 e. The van der Waals surface area contributed by atoms with Gasteiger partial charge in [0.2, 0.25) is 0 Å². The number of nitro groups is 1. The molecular weight excluding hydrogens is 540 g/mol. The highest BCUT2D eigenvalue weighted by Gasteiger charge is 2.19. The van der Waals surface area contributed by atoms with Gasteiger partial charge in [0.05, 0.1) is 15.5 Å². The largest absolute Gasteiger partial charge is 0.505 e. The highest BCUT2D eigenvalue weighted by molar-refractivity contribution is 9.10. The van der Waals surface area contributed by atoms with Gasteiger partial charge in [-0.15, -0.1) is 10.2 Å². The van der Waals surface area contributed by atoms with Crippen molar-refractivity contribution in [3.63, 3.8) is 0 Å². The lowest BCUT2D eigenvalue weighted by molar-refractivity contribution is -0.384. The molecule has 10 nitrogen and oxygen atoms in total. The fraction of sp³-hybridized carbons (Fsp3) is 0. The number of carbonyl (C=O) groups excluding carboxylic acids is 1. The molecule has 0 atom stereocenters. The number of rotatable bonds is 6. The molecule has 176 valence electrons. The van der Waals surface area contributed by atoms with E-state index in [4.69, 9.17) is 0 Å². The zero-order valence-corrected chi connectivity index (χ0v) is 20.0. The number of carbonyl (C=O) groups is 1. The molecule has 0 aliphatic carbocycles. The maximum atomic E-state index is 12.9. The number of hydrogen-bond acceptors (Lipinski definition) is 7. The van der Waals surface area contributed by atoms with Gasteiger partial charge in [0.15, 0.2) is 5.75 Å². The van der Waals surface area contributed by atoms with Gasteiger partial charge < -0.3 is 5.11 Å². The molecule has 0 fully saturated rings. The molecule has 4 aromatic carbocycles. The van der Waals surface area contributed by atoms with Crippen LogP contribution in [0.3, 0.4) is 0 Å². The first kappa shape index (κ1) is 24.0.